The zero-order valence-corrected chi connectivity index (χ0v) is 15.9. The van der Waals surface area contributed by atoms with Crippen LogP contribution in [0.25, 0.3) is 21.9 Å². The van der Waals surface area contributed by atoms with Gasteiger partial charge in [0, 0.05) is 11.3 Å². The van der Waals surface area contributed by atoms with Crippen LogP contribution < -0.4 is 14.2 Å². The highest BCUT2D eigenvalue weighted by Gasteiger charge is 2.37. The molecule has 0 radical (unpaired) electrons. The molecule has 29 heavy (non-hydrogen) atoms. The second-order valence-electron chi connectivity index (χ2n) is 7.50. The molecule has 3 aromatic rings. The van der Waals surface area contributed by atoms with Crippen molar-refractivity contribution < 1.29 is 29.2 Å². The maximum Gasteiger partial charge on any atom is 0.231 e. The minimum atomic E-state index is -1.11. The molecule has 2 aliphatic heterocycles. The SMILES string of the molecule is C[C@@H]1COC(Oc2ccc(-c3ccc4c(c3)OCO4)c3ccccc23)[C@H](O)[C@H]1O. The largest absolute Gasteiger partial charge is 0.461 e. The molecule has 4 atom stereocenters. The van der Waals surface area contributed by atoms with Crippen molar-refractivity contribution in [1.82, 2.24) is 0 Å². The number of ether oxygens (including phenoxy) is 4. The van der Waals surface area contributed by atoms with Crippen LogP contribution in [-0.2, 0) is 4.74 Å². The van der Waals surface area contributed by atoms with E-state index in [1.807, 2.05) is 61.5 Å². The van der Waals surface area contributed by atoms with Gasteiger partial charge in [0.25, 0.3) is 0 Å². The number of fused-ring (bicyclic) bond motifs is 2. The van der Waals surface area contributed by atoms with Crippen LogP contribution in [0.5, 0.6) is 17.2 Å². The van der Waals surface area contributed by atoms with E-state index in [4.69, 9.17) is 18.9 Å². The third-order valence-corrected chi connectivity index (χ3v) is 5.55. The normalized spacial score (nSPS) is 25.9. The van der Waals surface area contributed by atoms with Gasteiger partial charge in [-0.1, -0.05) is 43.3 Å². The Hall–Kier alpha value is -2.80. The molecule has 5 rings (SSSR count). The van der Waals surface area contributed by atoms with Gasteiger partial charge in [0.2, 0.25) is 13.1 Å². The van der Waals surface area contributed by atoms with Gasteiger partial charge in [-0.25, -0.2) is 0 Å². The lowest BCUT2D eigenvalue weighted by Gasteiger charge is -2.36. The van der Waals surface area contributed by atoms with E-state index < -0.39 is 18.5 Å². The van der Waals surface area contributed by atoms with Crippen molar-refractivity contribution in [3.63, 3.8) is 0 Å². The van der Waals surface area contributed by atoms with Crippen molar-refractivity contribution in [2.75, 3.05) is 13.4 Å². The highest BCUT2D eigenvalue weighted by Crippen LogP contribution is 2.40. The summed E-state index contributed by atoms with van der Waals surface area (Å²) < 4.78 is 22.5. The Kier molecular flexibility index (Phi) is 4.54. The van der Waals surface area contributed by atoms with Crippen LogP contribution in [0.4, 0.5) is 0 Å². The molecule has 0 amide bonds. The van der Waals surface area contributed by atoms with Gasteiger partial charge in [-0.3, -0.25) is 0 Å². The second-order valence-corrected chi connectivity index (χ2v) is 7.50. The Morgan fingerprint density at radius 3 is 2.55 bits per heavy atom. The van der Waals surface area contributed by atoms with Gasteiger partial charge >= 0.3 is 0 Å². The van der Waals surface area contributed by atoms with Crippen LogP contribution in [0.15, 0.2) is 54.6 Å². The summed E-state index contributed by atoms with van der Waals surface area (Å²) in [5, 5.41) is 22.4. The van der Waals surface area contributed by atoms with Crippen LogP contribution in [0, 0.1) is 5.92 Å². The van der Waals surface area contributed by atoms with Gasteiger partial charge < -0.3 is 29.2 Å². The first-order valence-corrected chi connectivity index (χ1v) is 9.68. The number of benzene rings is 3. The number of rotatable bonds is 3. The summed E-state index contributed by atoms with van der Waals surface area (Å²) in [5.74, 6) is 1.92. The summed E-state index contributed by atoms with van der Waals surface area (Å²) in [5.41, 5.74) is 2.04. The summed E-state index contributed by atoms with van der Waals surface area (Å²) in [6.07, 6.45) is -2.90. The van der Waals surface area contributed by atoms with E-state index in [1.165, 1.54) is 0 Å². The minimum Gasteiger partial charge on any atom is -0.461 e. The Bertz CT molecular complexity index is 1050. The summed E-state index contributed by atoms with van der Waals surface area (Å²) >= 11 is 0. The fourth-order valence-corrected chi connectivity index (χ4v) is 3.86. The van der Waals surface area contributed by atoms with Gasteiger partial charge in [0.05, 0.1) is 12.7 Å². The summed E-state index contributed by atoms with van der Waals surface area (Å²) in [6.45, 7) is 2.40. The van der Waals surface area contributed by atoms with Crippen LogP contribution in [-0.4, -0.2) is 42.1 Å². The standard InChI is InChI=1S/C23H22O6/c1-13-11-26-23(22(25)21(13)24)29-18-9-7-15(16-4-2-3-5-17(16)18)14-6-8-19-20(10-14)28-12-27-19/h2-10,13,21-25H,11-12H2,1H3/t13-,21+,22-,23?/m1/s1. The molecule has 150 valence electrons. The minimum absolute atomic E-state index is 0.144. The van der Waals surface area contributed by atoms with Crippen molar-refractivity contribution in [3.05, 3.63) is 54.6 Å². The first kappa shape index (κ1) is 18.2. The van der Waals surface area contributed by atoms with Crippen LogP contribution in [0.2, 0.25) is 0 Å². The zero-order chi connectivity index (χ0) is 20.0. The predicted octanol–water partition coefficient (Wildman–Crippen LogP) is 3.33. The quantitative estimate of drug-likeness (QED) is 0.710. The van der Waals surface area contributed by atoms with Crippen LogP contribution >= 0.6 is 0 Å². The highest BCUT2D eigenvalue weighted by atomic mass is 16.7. The highest BCUT2D eigenvalue weighted by molar-refractivity contribution is 6.00. The number of aliphatic hydroxyl groups is 2. The number of hydrogen-bond acceptors (Lipinski definition) is 6. The molecule has 2 aliphatic rings. The third kappa shape index (κ3) is 3.19. The predicted molar refractivity (Wildman–Crippen MR) is 107 cm³/mol. The van der Waals surface area contributed by atoms with Crippen LogP contribution in [0.3, 0.4) is 0 Å². The average Bonchev–Trinajstić information content (AvgIpc) is 3.22. The summed E-state index contributed by atoms with van der Waals surface area (Å²) in [6, 6.07) is 17.6. The van der Waals surface area contributed by atoms with Crippen molar-refractivity contribution in [1.29, 1.82) is 0 Å². The van der Waals surface area contributed by atoms with Crippen molar-refractivity contribution in [3.8, 4) is 28.4 Å². The number of hydrogen-bond donors (Lipinski definition) is 2. The molecule has 3 aromatic carbocycles. The number of aliphatic hydroxyl groups excluding tert-OH is 2. The summed E-state index contributed by atoms with van der Waals surface area (Å²) in [4.78, 5) is 0. The van der Waals surface area contributed by atoms with E-state index in [0.717, 1.165) is 33.4 Å². The Balaban J connectivity index is 1.52. The van der Waals surface area contributed by atoms with E-state index in [1.54, 1.807) is 0 Å². The van der Waals surface area contributed by atoms with E-state index in [2.05, 4.69) is 0 Å². The van der Waals surface area contributed by atoms with Crippen molar-refractivity contribution in [2.45, 2.75) is 25.4 Å². The lowest BCUT2D eigenvalue weighted by atomic mass is 9.96. The maximum absolute atomic E-state index is 10.3. The Morgan fingerprint density at radius 1 is 0.897 bits per heavy atom. The first-order valence-electron chi connectivity index (χ1n) is 9.68. The van der Waals surface area contributed by atoms with Gasteiger partial charge in [0.15, 0.2) is 11.5 Å². The molecule has 2 N–H and O–H groups in total. The molecule has 6 heteroatoms. The first-order chi connectivity index (χ1) is 14.1. The smallest absolute Gasteiger partial charge is 0.231 e. The van der Waals surface area contributed by atoms with E-state index in [9.17, 15) is 10.2 Å². The van der Waals surface area contributed by atoms with Gasteiger partial charge in [-0.05, 0) is 34.7 Å². The molecule has 1 unspecified atom stereocenters. The molecule has 0 bridgehead atoms. The molecule has 2 heterocycles. The second kappa shape index (κ2) is 7.22. The van der Waals surface area contributed by atoms with Gasteiger partial charge in [0.1, 0.15) is 11.9 Å². The fraction of sp³-hybridized carbons (Fsp3) is 0.304. The topological polar surface area (TPSA) is 77.4 Å². The molecule has 1 fully saturated rings. The molecular weight excluding hydrogens is 372 g/mol. The van der Waals surface area contributed by atoms with Gasteiger partial charge in [-0.2, -0.15) is 0 Å². The van der Waals surface area contributed by atoms with Crippen molar-refractivity contribution >= 4 is 10.8 Å². The van der Waals surface area contributed by atoms with Crippen LogP contribution in [0.1, 0.15) is 6.92 Å². The Labute approximate surface area is 168 Å². The molecule has 0 aromatic heterocycles. The fourth-order valence-electron chi connectivity index (χ4n) is 3.86. The summed E-state index contributed by atoms with van der Waals surface area (Å²) in [7, 11) is 0. The van der Waals surface area contributed by atoms with Crippen molar-refractivity contribution in [2.24, 2.45) is 5.92 Å². The van der Waals surface area contributed by atoms with Gasteiger partial charge in [-0.15, -0.1) is 0 Å². The maximum atomic E-state index is 10.3. The lowest BCUT2D eigenvalue weighted by molar-refractivity contribution is -0.225. The molecule has 0 aliphatic carbocycles. The van der Waals surface area contributed by atoms with E-state index in [-0.39, 0.29) is 12.7 Å². The molecule has 0 saturated carbocycles. The average molecular weight is 394 g/mol. The van der Waals surface area contributed by atoms with E-state index >= 15 is 0 Å². The molecule has 1 saturated heterocycles. The lowest BCUT2D eigenvalue weighted by Crippen LogP contribution is -2.51. The molecule has 6 nitrogen and oxygen atoms in total. The van der Waals surface area contributed by atoms with E-state index in [0.29, 0.717) is 12.4 Å². The Morgan fingerprint density at radius 2 is 1.69 bits per heavy atom. The zero-order valence-electron chi connectivity index (χ0n) is 15.9. The molecular formula is C23H22O6. The third-order valence-electron chi connectivity index (χ3n) is 5.55. The molecule has 0 spiro atoms. The monoisotopic (exact) mass is 394 g/mol.